The second-order valence-corrected chi connectivity index (χ2v) is 6.20. The SMILES string of the molecule is CCOC(=O)c1cnn(CC(O)c2ccccc2)c1NC(=O)c1ccc(F)cc1. The Balaban J connectivity index is 1.89. The number of ether oxygens (including phenoxy) is 1. The van der Waals surface area contributed by atoms with Crippen molar-refractivity contribution in [2.75, 3.05) is 11.9 Å². The molecule has 1 atom stereocenters. The molecule has 0 fully saturated rings. The normalized spacial score (nSPS) is 11.7. The molecule has 1 unspecified atom stereocenters. The molecular weight excluding hydrogens is 377 g/mol. The minimum absolute atomic E-state index is 0.00243. The number of amides is 1. The summed E-state index contributed by atoms with van der Waals surface area (Å²) in [4.78, 5) is 24.8. The maximum atomic E-state index is 13.1. The molecule has 1 heterocycles. The summed E-state index contributed by atoms with van der Waals surface area (Å²) in [7, 11) is 0. The average molecular weight is 397 g/mol. The van der Waals surface area contributed by atoms with Crippen molar-refractivity contribution in [3.8, 4) is 0 Å². The van der Waals surface area contributed by atoms with E-state index in [1.807, 2.05) is 6.07 Å². The molecule has 2 aromatic carbocycles. The molecule has 7 nitrogen and oxygen atoms in total. The van der Waals surface area contributed by atoms with Crippen LogP contribution in [0, 0.1) is 5.82 Å². The number of halogens is 1. The van der Waals surface area contributed by atoms with Crippen LogP contribution in [0.3, 0.4) is 0 Å². The van der Waals surface area contributed by atoms with Crippen molar-refractivity contribution in [2.24, 2.45) is 0 Å². The zero-order valence-corrected chi connectivity index (χ0v) is 15.7. The van der Waals surface area contributed by atoms with Crippen molar-refractivity contribution < 1.29 is 23.8 Å². The molecule has 3 aromatic rings. The number of aliphatic hydroxyl groups excluding tert-OH is 1. The van der Waals surface area contributed by atoms with Crippen molar-refractivity contribution in [3.63, 3.8) is 0 Å². The van der Waals surface area contributed by atoms with Gasteiger partial charge in [0.1, 0.15) is 17.2 Å². The highest BCUT2D eigenvalue weighted by Crippen LogP contribution is 2.22. The lowest BCUT2D eigenvalue weighted by Crippen LogP contribution is -2.20. The Morgan fingerprint density at radius 3 is 2.52 bits per heavy atom. The number of rotatable bonds is 7. The fraction of sp³-hybridized carbons (Fsp3) is 0.190. The zero-order chi connectivity index (χ0) is 20.8. The number of carbonyl (C=O) groups excluding carboxylic acids is 2. The predicted molar refractivity (Wildman–Crippen MR) is 104 cm³/mol. The van der Waals surface area contributed by atoms with Gasteiger partial charge in [-0.15, -0.1) is 0 Å². The third-order valence-corrected chi connectivity index (χ3v) is 4.20. The first-order valence-electron chi connectivity index (χ1n) is 9.02. The molecule has 0 bridgehead atoms. The number of hydrogen-bond donors (Lipinski definition) is 2. The van der Waals surface area contributed by atoms with Crippen molar-refractivity contribution in [2.45, 2.75) is 19.6 Å². The second kappa shape index (κ2) is 9.11. The van der Waals surface area contributed by atoms with Crippen LogP contribution in [0.1, 0.15) is 39.3 Å². The van der Waals surface area contributed by atoms with E-state index in [1.165, 1.54) is 23.0 Å². The van der Waals surface area contributed by atoms with E-state index in [4.69, 9.17) is 4.74 Å². The number of benzene rings is 2. The summed E-state index contributed by atoms with van der Waals surface area (Å²) >= 11 is 0. The highest BCUT2D eigenvalue weighted by atomic mass is 19.1. The minimum Gasteiger partial charge on any atom is -0.462 e. The minimum atomic E-state index is -0.910. The lowest BCUT2D eigenvalue weighted by atomic mass is 10.1. The van der Waals surface area contributed by atoms with Crippen molar-refractivity contribution in [1.82, 2.24) is 9.78 Å². The van der Waals surface area contributed by atoms with Crippen LogP contribution < -0.4 is 5.32 Å². The highest BCUT2D eigenvalue weighted by Gasteiger charge is 2.23. The monoisotopic (exact) mass is 397 g/mol. The van der Waals surface area contributed by atoms with Crippen molar-refractivity contribution in [3.05, 3.63) is 83.3 Å². The molecule has 0 radical (unpaired) electrons. The number of nitrogens with one attached hydrogen (secondary N) is 1. The van der Waals surface area contributed by atoms with Crippen LogP contribution in [0.2, 0.25) is 0 Å². The maximum Gasteiger partial charge on any atom is 0.343 e. The van der Waals surface area contributed by atoms with E-state index in [9.17, 15) is 19.1 Å². The topological polar surface area (TPSA) is 93.4 Å². The molecule has 1 amide bonds. The van der Waals surface area contributed by atoms with Gasteiger partial charge < -0.3 is 15.2 Å². The molecule has 0 aliphatic heterocycles. The molecule has 29 heavy (non-hydrogen) atoms. The van der Waals surface area contributed by atoms with Gasteiger partial charge in [-0.25, -0.2) is 13.9 Å². The number of carbonyl (C=O) groups is 2. The first kappa shape index (κ1) is 20.2. The predicted octanol–water partition coefficient (Wildman–Crippen LogP) is 3.18. The third-order valence-electron chi connectivity index (χ3n) is 4.20. The number of esters is 1. The van der Waals surface area contributed by atoms with E-state index in [0.717, 1.165) is 12.1 Å². The van der Waals surface area contributed by atoms with E-state index in [0.29, 0.717) is 5.56 Å². The second-order valence-electron chi connectivity index (χ2n) is 6.20. The summed E-state index contributed by atoms with van der Waals surface area (Å²) in [6, 6.07) is 13.9. The molecule has 8 heteroatoms. The van der Waals surface area contributed by atoms with E-state index in [1.54, 1.807) is 31.2 Å². The average Bonchev–Trinajstić information content (AvgIpc) is 3.11. The molecule has 0 spiro atoms. The number of anilines is 1. The van der Waals surface area contributed by atoms with Crippen LogP contribution in [0.15, 0.2) is 60.8 Å². The molecule has 0 saturated carbocycles. The molecule has 150 valence electrons. The van der Waals surface area contributed by atoms with Crippen molar-refractivity contribution >= 4 is 17.7 Å². The lowest BCUT2D eigenvalue weighted by molar-refractivity contribution is 0.0527. The summed E-state index contributed by atoms with van der Waals surface area (Å²) in [5, 5.41) is 17.2. The standard InChI is InChI=1S/C21H20FN3O4/c1-2-29-21(28)17-12-23-25(13-18(26)14-6-4-3-5-7-14)19(17)24-20(27)15-8-10-16(22)11-9-15/h3-12,18,26H,2,13H2,1H3,(H,24,27). The van der Waals surface area contributed by atoms with Gasteiger partial charge in [0.05, 0.1) is 25.5 Å². The van der Waals surface area contributed by atoms with Gasteiger partial charge in [-0.05, 0) is 36.8 Å². The first-order chi connectivity index (χ1) is 14.0. The number of aromatic nitrogens is 2. The highest BCUT2D eigenvalue weighted by molar-refractivity contribution is 6.07. The number of hydrogen-bond acceptors (Lipinski definition) is 5. The first-order valence-corrected chi connectivity index (χ1v) is 9.02. The van der Waals surface area contributed by atoms with Gasteiger partial charge in [-0.3, -0.25) is 4.79 Å². The Labute approximate surface area is 166 Å². The smallest absolute Gasteiger partial charge is 0.343 e. The Morgan fingerprint density at radius 2 is 1.86 bits per heavy atom. The molecule has 0 aliphatic carbocycles. The summed E-state index contributed by atoms with van der Waals surface area (Å²) in [5.74, 6) is -1.58. The largest absolute Gasteiger partial charge is 0.462 e. The summed E-state index contributed by atoms with van der Waals surface area (Å²) in [6.45, 7) is 1.82. The Morgan fingerprint density at radius 1 is 1.17 bits per heavy atom. The van der Waals surface area contributed by atoms with Gasteiger partial charge in [0.15, 0.2) is 0 Å². The van der Waals surface area contributed by atoms with E-state index < -0.39 is 23.8 Å². The van der Waals surface area contributed by atoms with Crippen LogP contribution in [0.25, 0.3) is 0 Å². The number of aliphatic hydroxyl groups is 1. The molecule has 1 aromatic heterocycles. The zero-order valence-electron chi connectivity index (χ0n) is 15.7. The summed E-state index contributed by atoms with van der Waals surface area (Å²) in [5.41, 5.74) is 0.927. The van der Waals surface area contributed by atoms with Crippen LogP contribution in [0.5, 0.6) is 0 Å². The van der Waals surface area contributed by atoms with Gasteiger partial charge in [0.2, 0.25) is 0 Å². The molecule has 2 N–H and O–H groups in total. The van der Waals surface area contributed by atoms with Gasteiger partial charge in [0, 0.05) is 5.56 Å². The lowest BCUT2D eigenvalue weighted by Gasteiger charge is -2.15. The molecule has 0 saturated heterocycles. The van der Waals surface area contributed by atoms with E-state index >= 15 is 0 Å². The van der Waals surface area contributed by atoms with Crippen LogP contribution in [0.4, 0.5) is 10.2 Å². The van der Waals surface area contributed by atoms with Gasteiger partial charge in [-0.2, -0.15) is 5.10 Å². The summed E-state index contributed by atoms with van der Waals surface area (Å²) in [6.07, 6.45) is 0.364. The fourth-order valence-electron chi connectivity index (χ4n) is 2.74. The van der Waals surface area contributed by atoms with Crippen LogP contribution in [-0.4, -0.2) is 33.4 Å². The van der Waals surface area contributed by atoms with Gasteiger partial charge in [0.25, 0.3) is 5.91 Å². The van der Waals surface area contributed by atoms with Crippen LogP contribution in [-0.2, 0) is 11.3 Å². The van der Waals surface area contributed by atoms with Crippen LogP contribution >= 0.6 is 0 Å². The fourth-order valence-corrected chi connectivity index (χ4v) is 2.74. The molecule has 3 rings (SSSR count). The number of nitrogens with zero attached hydrogens (tertiary/aromatic N) is 2. The van der Waals surface area contributed by atoms with E-state index in [2.05, 4.69) is 10.4 Å². The Bertz CT molecular complexity index is 987. The summed E-state index contributed by atoms with van der Waals surface area (Å²) < 4.78 is 19.5. The van der Waals surface area contributed by atoms with E-state index in [-0.39, 0.29) is 30.1 Å². The Hall–Kier alpha value is -3.52. The van der Waals surface area contributed by atoms with Gasteiger partial charge >= 0.3 is 5.97 Å². The van der Waals surface area contributed by atoms with Gasteiger partial charge in [-0.1, -0.05) is 30.3 Å². The Kier molecular flexibility index (Phi) is 6.36. The third kappa shape index (κ3) is 4.85. The molecule has 0 aliphatic rings. The quantitative estimate of drug-likeness (QED) is 0.597. The molecular formula is C21H20FN3O4. The van der Waals surface area contributed by atoms with Crippen molar-refractivity contribution in [1.29, 1.82) is 0 Å². The maximum absolute atomic E-state index is 13.1.